The number of benzene rings is 3. The van der Waals surface area contributed by atoms with E-state index in [9.17, 15) is 15.1 Å². The Morgan fingerprint density at radius 3 is 2.32 bits per heavy atom. The SMILES string of the molecule is Cc1cc(C(CC(c2ccc(-c3cccc(C(=O)O)c3)cc2)c2ccccc2C)=NO)ccn1. The molecule has 0 radical (unpaired) electrons. The van der Waals surface area contributed by atoms with Crippen LogP contribution in [-0.2, 0) is 0 Å². The lowest BCUT2D eigenvalue weighted by molar-refractivity contribution is 0.0697. The average Bonchev–Trinajstić information content (AvgIpc) is 2.86. The number of aromatic carboxylic acids is 1. The number of nitrogens with zero attached hydrogens (tertiary/aromatic N) is 2. The van der Waals surface area contributed by atoms with E-state index < -0.39 is 5.97 Å². The van der Waals surface area contributed by atoms with Crippen LogP contribution in [0.1, 0.15) is 50.6 Å². The largest absolute Gasteiger partial charge is 0.478 e. The van der Waals surface area contributed by atoms with E-state index in [1.807, 2.05) is 49.4 Å². The van der Waals surface area contributed by atoms with Crippen molar-refractivity contribution in [3.63, 3.8) is 0 Å². The molecule has 1 unspecified atom stereocenters. The van der Waals surface area contributed by atoms with Crippen molar-refractivity contribution in [1.29, 1.82) is 0 Å². The predicted octanol–water partition coefficient (Wildman–Crippen LogP) is 6.46. The number of carbonyl (C=O) groups is 1. The molecule has 4 aromatic rings. The number of hydrogen-bond donors (Lipinski definition) is 2. The molecule has 0 saturated carbocycles. The molecule has 1 heterocycles. The van der Waals surface area contributed by atoms with E-state index in [4.69, 9.17) is 0 Å². The number of aromatic nitrogens is 1. The maximum Gasteiger partial charge on any atom is 0.335 e. The van der Waals surface area contributed by atoms with Crippen molar-refractivity contribution in [3.05, 3.63) is 125 Å². The minimum Gasteiger partial charge on any atom is -0.478 e. The van der Waals surface area contributed by atoms with Gasteiger partial charge in [-0.05, 0) is 65.9 Å². The van der Waals surface area contributed by atoms with Crippen LogP contribution in [0.15, 0.2) is 96.3 Å². The second kappa shape index (κ2) is 10.1. The molecule has 5 heteroatoms. The molecule has 2 N–H and O–H groups in total. The molecule has 3 aromatic carbocycles. The van der Waals surface area contributed by atoms with E-state index in [1.165, 1.54) is 0 Å². The van der Waals surface area contributed by atoms with Crippen LogP contribution in [-0.4, -0.2) is 27.0 Å². The van der Waals surface area contributed by atoms with Gasteiger partial charge in [0, 0.05) is 29.8 Å². The van der Waals surface area contributed by atoms with Crippen LogP contribution in [0.2, 0.25) is 0 Å². The molecule has 5 nitrogen and oxygen atoms in total. The predicted molar refractivity (Wildman–Crippen MR) is 134 cm³/mol. The number of oxime groups is 1. The monoisotopic (exact) mass is 450 g/mol. The molecule has 0 bridgehead atoms. The van der Waals surface area contributed by atoms with Crippen molar-refractivity contribution < 1.29 is 15.1 Å². The summed E-state index contributed by atoms with van der Waals surface area (Å²) in [4.78, 5) is 15.6. The van der Waals surface area contributed by atoms with Gasteiger partial charge in [0.1, 0.15) is 0 Å². The molecule has 0 amide bonds. The highest BCUT2D eigenvalue weighted by Gasteiger charge is 2.20. The first-order valence-corrected chi connectivity index (χ1v) is 11.1. The molecule has 0 aliphatic rings. The van der Waals surface area contributed by atoms with Crippen molar-refractivity contribution in [3.8, 4) is 11.1 Å². The normalized spacial score (nSPS) is 12.4. The minimum atomic E-state index is -0.944. The summed E-state index contributed by atoms with van der Waals surface area (Å²) in [7, 11) is 0. The molecule has 1 aromatic heterocycles. The van der Waals surface area contributed by atoms with Gasteiger partial charge in [0.25, 0.3) is 0 Å². The van der Waals surface area contributed by atoms with Crippen LogP contribution in [0.5, 0.6) is 0 Å². The van der Waals surface area contributed by atoms with Gasteiger partial charge in [-0.1, -0.05) is 65.8 Å². The Balaban J connectivity index is 1.72. The van der Waals surface area contributed by atoms with Gasteiger partial charge in [0.05, 0.1) is 11.3 Å². The molecule has 4 rings (SSSR count). The fourth-order valence-corrected chi connectivity index (χ4v) is 4.26. The Hall–Kier alpha value is -4.25. The fourth-order valence-electron chi connectivity index (χ4n) is 4.26. The van der Waals surface area contributed by atoms with Crippen LogP contribution in [0, 0.1) is 13.8 Å². The Bertz CT molecular complexity index is 1340. The Morgan fingerprint density at radius 2 is 1.65 bits per heavy atom. The molecular formula is C29H26N2O3. The molecule has 0 aliphatic heterocycles. The van der Waals surface area contributed by atoms with Crippen LogP contribution >= 0.6 is 0 Å². The lowest BCUT2D eigenvalue weighted by Gasteiger charge is -2.21. The number of rotatable bonds is 7. The van der Waals surface area contributed by atoms with Crippen molar-refractivity contribution in [1.82, 2.24) is 4.98 Å². The van der Waals surface area contributed by atoms with Gasteiger partial charge in [0.2, 0.25) is 0 Å². The van der Waals surface area contributed by atoms with Gasteiger partial charge in [-0.15, -0.1) is 0 Å². The van der Waals surface area contributed by atoms with Gasteiger partial charge >= 0.3 is 5.97 Å². The third kappa shape index (κ3) is 5.04. The molecule has 34 heavy (non-hydrogen) atoms. The summed E-state index contributed by atoms with van der Waals surface area (Å²) in [5.41, 5.74) is 7.76. The van der Waals surface area contributed by atoms with Gasteiger partial charge in [-0.2, -0.15) is 0 Å². The average molecular weight is 451 g/mol. The summed E-state index contributed by atoms with van der Waals surface area (Å²) in [5, 5.41) is 22.8. The highest BCUT2D eigenvalue weighted by Crippen LogP contribution is 2.33. The second-order valence-corrected chi connectivity index (χ2v) is 8.35. The van der Waals surface area contributed by atoms with E-state index in [-0.39, 0.29) is 11.5 Å². The van der Waals surface area contributed by atoms with E-state index >= 15 is 0 Å². The number of aryl methyl sites for hydroxylation is 2. The molecular weight excluding hydrogens is 424 g/mol. The Labute approximate surface area is 199 Å². The number of pyridine rings is 1. The molecule has 0 saturated heterocycles. The standard InChI is InChI=1S/C29H26N2O3/c1-19-6-3-4-9-26(19)27(18-28(31-34)24-14-15-30-20(2)16-24)22-12-10-21(11-13-22)23-7-5-8-25(17-23)29(32)33/h3-17,27,34H,18H2,1-2H3,(H,32,33). The van der Waals surface area contributed by atoms with Crippen molar-refractivity contribution in [2.75, 3.05) is 0 Å². The number of carboxylic acids is 1. The van der Waals surface area contributed by atoms with E-state index in [2.05, 4.69) is 41.3 Å². The quantitative estimate of drug-likeness (QED) is 0.192. The molecule has 0 spiro atoms. The van der Waals surface area contributed by atoms with Gasteiger partial charge < -0.3 is 10.3 Å². The van der Waals surface area contributed by atoms with Gasteiger partial charge in [-0.3, -0.25) is 4.98 Å². The van der Waals surface area contributed by atoms with Gasteiger partial charge in [-0.25, -0.2) is 4.79 Å². The molecule has 1 atom stereocenters. The van der Waals surface area contributed by atoms with E-state index in [1.54, 1.807) is 24.4 Å². The third-order valence-electron chi connectivity index (χ3n) is 6.07. The molecule has 170 valence electrons. The summed E-state index contributed by atoms with van der Waals surface area (Å²) in [6.07, 6.45) is 2.23. The van der Waals surface area contributed by atoms with Crippen LogP contribution < -0.4 is 0 Å². The summed E-state index contributed by atoms with van der Waals surface area (Å²) >= 11 is 0. The summed E-state index contributed by atoms with van der Waals surface area (Å²) in [6.45, 7) is 4.00. The zero-order valence-corrected chi connectivity index (χ0v) is 19.1. The zero-order valence-electron chi connectivity index (χ0n) is 19.1. The lowest BCUT2D eigenvalue weighted by Crippen LogP contribution is -2.12. The fraction of sp³-hybridized carbons (Fsp3) is 0.138. The first-order chi connectivity index (χ1) is 16.5. The smallest absolute Gasteiger partial charge is 0.335 e. The number of hydrogen-bond acceptors (Lipinski definition) is 4. The highest BCUT2D eigenvalue weighted by atomic mass is 16.4. The maximum absolute atomic E-state index is 11.4. The minimum absolute atomic E-state index is 0.0278. The van der Waals surface area contributed by atoms with Crippen molar-refractivity contribution >= 4 is 11.7 Å². The Kier molecular flexibility index (Phi) is 6.83. The first-order valence-electron chi connectivity index (χ1n) is 11.1. The second-order valence-electron chi connectivity index (χ2n) is 8.35. The topological polar surface area (TPSA) is 82.8 Å². The zero-order chi connectivity index (χ0) is 24.1. The summed E-state index contributed by atoms with van der Waals surface area (Å²) < 4.78 is 0. The summed E-state index contributed by atoms with van der Waals surface area (Å²) in [5.74, 6) is -0.972. The number of carboxylic acid groups (broad SMARTS) is 1. The van der Waals surface area contributed by atoms with Crippen LogP contribution in [0.4, 0.5) is 0 Å². The third-order valence-corrected chi connectivity index (χ3v) is 6.07. The van der Waals surface area contributed by atoms with Crippen molar-refractivity contribution in [2.24, 2.45) is 5.16 Å². The van der Waals surface area contributed by atoms with Crippen LogP contribution in [0.3, 0.4) is 0 Å². The lowest BCUT2D eigenvalue weighted by atomic mass is 9.83. The van der Waals surface area contributed by atoms with Gasteiger partial charge in [0.15, 0.2) is 0 Å². The van der Waals surface area contributed by atoms with E-state index in [0.29, 0.717) is 12.1 Å². The summed E-state index contributed by atoms with van der Waals surface area (Å²) in [6, 6.07) is 27.1. The van der Waals surface area contributed by atoms with Crippen LogP contribution in [0.25, 0.3) is 11.1 Å². The molecule has 0 fully saturated rings. The molecule has 0 aliphatic carbocycles. The Morgan fingerprint density at radius 1 is 0.882 bits per heavy atom. The van der Waals surface area contributed by atoms with Crippen molar-refractivity contribution in [2.45, 2.75) is 26.2 Å². The highest BCUT2D eigenvalue weighted by molar-refractivity contribution is 6.01. The first kappa shape index (κ1) is 22.9. The van der Waals surface area contributed by atoms with E-state index in [0.717, 1.165) is 39.1 Å². The maximum atomic E-state index is 11.4.